The Morgan fingerprint density at radius 3 is 3.06 bits per heavy atom. The molecule has 1 atom stereocenters. The maximum Gasteiger partial charge on any atom is 0.252 e. The Labute approximate surface area is 106 Å². The molecular weight excluding hydrogens is 230 g/mol. The molecule has 18 heavy (non-hydrogen) atoms. The molecule has 3 rings (SSSR count). The molecule has 1 aromatic heterocycles. The molecule has 1 saturated heterocycles. The molecule has 1 N–H and O–H groups in total. The number of hydrogen-bond acceptors (Lipinski definition) is 4. The highest BCUT2D eigenvalue weighted by molar-refractivity contribution is 5.39. The first-order valence-electron chi connectivity index (χ1n) is 6.61. The van der Waals surface area contributed by atoms with Gasteiger partial charge in [0.15, 0.2) is 0 Å². The number of H-pyrrole nitrogens is 1. The van der Waals surface area contributed by atoms with Crippen LogP contribution < -0.4 is 10.5 Å². The first kappa shape index (κ1) is 11.7. The summed E-state index contributed by atoms with van der Waals surface area (Å²) in [5, 5.41) is 0. The average Bonchev–Trinajstić information content (AvgIpc) is 3.10. The highest BCUT2D eigenvalue weighted by Gasteiger charge is 2.28. The van der Waals surface area contributed by atoms with Crippen molar-refractivity contribution in [1.82, 2.24) is 9.97 Å². The molecule has 2 heterocycles. The van der Waals surface area contributed by atoms with Crippen molar-refractivity contribution in [2.24, 2.45) is 5.92 Å². The summed E-state index contributed by atoms with van der Waals surface area (Å²) in [5.74, 6) is 2.74. The second-order valence-electron chi connectivity index (χ2n) is 5.32. The van der Waals surface area contributed by atoms with Gasteiger partial charge in [0, 0.05) is 38.1 Å². The fraction of sp³-hybridized carbons (Fsp3) is 0.692. The van der Waals surface area contributed by atoms with Crippen LogP contribution in [-0.2, 0) is 4.74 Å². The summed E-state index contributed by atoms with van der Waals surface area (Å²) in [6, 6.07) is 1.61. The molecule has 2 fully saturated rings. The van der Waals surface area contributed by atoms with Crippen molar-refractivity contribution < 1.29 is 4.74 Å². The zero-order valence-electron chi connectivity index (χ0n) is 10.7. The maximum atomic E-state index is 11.7. The molecule has 1 unspecified atom stereocenters. The Hall–Kier alpha value is -1.36. The number of nitrogens with zero attached hydrogens (tertiary/aromatic N) is 2. The smallest absolute Gasteiger partial charge is 0.252 e. The highest BCUT2D eigenvalue weighted by Crippen LogP contribution is 2.38. The van der Waals surface area contributed by atoms with Gasteiger partial charge in [-0.2, -0.15) is 0 Å². The van der Waals surface area contributed by atoms with Crippen LogP contribution in [0.15, 0.2) is 10.9 Å². The third-order valence-electron chi connectivity index (χ3n) is 3.72. The molecule has 0 amide bonds. The predicted molar refractivity (Wildman–Crippen MR) is 69.0 cm³/mol. The lowest BCUT2D eigenvalue weighted by Crippen LogP contribution is -2.25. The van der Waals surface area contributed by atoms with Crippen molar-refractivity contribution in [3.8, 4) is 0 Å². The monoisotopic (exact) mass is 249 g/mol. The molecule has 1 aliphatic heterocycles. The lowest BCUT2D eigenvalue weighted by Gasteiger charge is -2.17. The van der Waals surface area contributed by atoms with Gasteiger partial charge >= 0.3 is 0 Å². The zero-order valence-corrected chi connectivity index (χ0v) is 10.7. The van der Waals surface area contributed by atoms with Crippen LogP contribution in [0.4, 0.5) is 5.82 Å². The van der Waals surface area contributed by atoms with Gasteiger partial charge < -0.3 is 14.6 Å². The fourth-order valence-electron chi connectivity index (χ4n) is 2.59. The summed E-state index contributed by atoms with van der Waals surface area (Å²) in [6.07, 6.45) is 3.42. The average molecular weight is 249 g/mol. The van der Waals surface area contributed by atoms with E-state index in [0.29, 0.717) is 11.8 Å². The van der Waals surface area contributed by atoms with E-state index in [9.17, 15) is 4.79 Å². The largest absolute Gasteiger partial charge is 0.384 e. The summed E-state index contributed by atoms with van der Waals surface area (Å²) in [7, 11) is 1.74. The molecule has 0 aromatic carbocycles. The minimum atomic E-state index is -0.0305. The predicted octanol–water partition coefficient (Wildman–Crippen LogP) is 1.12. The van der Waals surface area contributed by atoms with Crippen molar-refractivity contribution in [2.45, 2.75) is 25.2 Å². The first-order valence-corrected chi connectivity index (χ1v) is 6.61. The number of ether oxygens (including phenoxy) is 1. The minimum absolute atomic E-state index is 0.0305. The number of aromatic amines is 1. The molecule has 0 radical (unpaired) electrons. The highest BCUT2D eigenvalue weighted by atomic mass is 16.5. The number of hydrogen-bond donors (Lipinski definition) is 1. The van der Waals surface area contributed by atoms with Gasteiger partial charge in [0.05, 0.1) is 6.61 Å². The quantitative estimate of drug-likeness (QED) is 0.868. The van der Waals surface area contributed by atoms with Gasteiger partial charge in [-0.25, -0.2) is 4.98 Å². The molecule has 0 bridgehead atoms. The summed E-state index contributed by atoms with van der Waals surface area (Å²) < 4.78 is 5.19. The molecule has 1 aliphatic carbocycles. The molecule has 5 nitrogen and oxygen atoms in total. The van der Waals surface area contributed by atoms with Crippen LogP contribution in [0, 0.1) is 5.92 Å². The van der Waals surface area contributed by atoms with Crippen LogP contribution in [-0.4, -0.2) is 36.8 Å². The third kappa shape index (κ3) is 2.41. The molecule has 1 saturated carbocycles. The lowest BCUT2D eigenvalue weighted by molar-refractivity contribution is 0.161. The van der Waals surface area contributed by atoms with Crippen LogP contribution in [0.3, 0.4) is 0 Å². The number of aromatic nitrogens is 2. The molecule has 2 aliphatic rings. The van der Waals surface area contributed by atoms with Crippen LogP contribution in [0.25, 0.3) is 0 Å². The van der Waals surface area contributed by atoms with E-state index in [-0.39, 0.29) is 5.56 Å². The van der Waals surface area contributed by atoms with Crippen molar-refractivity contribution in [2.75, 3.05) is 31.7 Å². The Morgan fingerprint density at radius 2 is 2.33 bits per heavy atom. The zero-order chi connectivity index (χ0) is 12.5. The lowest BCUT2D eigenvalue weighted by atomic mass is 10.1. The van der Waals surface area contributed by atoms with Gasteiger partial charge in [-0.15, -0.1) is 0 Å². The number of rotatable bonds is 4. The summed E-state index contributed by atoms with van der Waals surface area (Å²) >= 11 is 0. The SMILES string of the molecule is COCC1CCN(c2cc(=O)[nH]c(C3CC3)n2)C1. The summed E-state index contributed by atoms with van der Waals surface area (Å²) in [4.78, 5) is 21.3. The van der Waals surface area contributed by atoms with Crippen LogP contribution in [0.5, 0.6) is 0 Å². The van der Waals surface area contributed by atoms with Gasteiger partial charge in [0.2, 0.25) is 0 Å². The van der Waals surface area contributed by atoms with Crippen molar-refractivity contribution in [3.63, 3.8) is 0 Å². The van der Waals surface area contributed by atoms with Gasteiger partial charge in [-0.05, 0) is 19.3 Å². The van der Waals surface area contributed by atoms with E-state index in [4.69, 9.17) is 4.74 Å². The summed E-state index contributed by atoms with van der Waals surface area (Å²) in [5.41, 5.74) is -0.0305. The van der Waals surface area contributed by atoms with Crippen LogP contribution in [0.2, 0.25) is 0 Å². The number of methoxy groups -OCH3 is 1. The normalized spacial score (nSPS) is 23.6. The molecule has 1 aromatic rings. The van der Waals surface area contributed by atoms with E-state index in [2.05, 4.69) is 14.9 Å². The van der Waals surface area contributed by atoms with Crippen LogP contribution in [0.1, 0.15) is 31.0 Å². The number of nitrogens with one attached hydrogen (secondary N) is 1. The number of anilines is 1. The van der Waals surface area contributed by atoms with Gasteiger partial charge in [0.1, 0.15) is 11.6 Å². The van der Waals surface area contributed by atoms with Gasteiger partial charge in [-0.3, -0.25) is 4.79 Å². The Kier molecular flexibility index (Phi) is 3.07. The standard InChI is InChI=1S/C13H19N3O2/c1-18-8-9-4-5-16(7-9)11-6-12(17)15-13(14-11)10-2-3-10/h6,9-10H,2-5,7-8H2,1H3,(H,14,15,17). The van der Waals surface area contributed by atoms with E-state index in [1.165, 1.54) is 0 Å². The first-order chi connectivity index (χ1) is 8.76. The minimum Gasteiger partial charge on any atom is -0.384 e. The molecular formula is C13H19N3O2. The van der Waals surface area contributed by atoms with Crippen molar-refractivity contribution >= 4 is 5.82 Å². The topological polar surface area (TPSA) is 58.2 Å². The van der Waals surface area contributed by atoms with E-state index < -0.39 is 0 Å². The Bertz CT molecular complexity index is 481. The third-order valence-corrected chi connectivity index (χ3v) is 3.72. The van der Waals surface area contributed by atoms with Gasteiger partial charge in [0.25, 0.3) is 5.56 Å². The Balaban J connectivity index is 1.77. The molecule has 0 spiro atoms. The van der Waals surface area contributed by atoms with E-state index in [1.807, 2.05) is 0 Å². The second-order valence-corrected chi connectivity index (χ2v) is 5.32. The van der Waals surface area contributed by atoms with E-state index >= 15 is 0 Å². The summed E-state index contributed by atoms with van der Waals surface area (Å²) in [6.45, 7) is 2.69. The van der Waals surface area contributed by atoms with Crippen molar-refractivity contribution in [3.05, 3.63) is 22.2 Å². The molecule has 98 valence electrons. The maximum absolute atomic E-state index is 11.7. The van der Waals surface area contributed by atoms with Crippen LogP contribution >= 0.6 is 0 Å². The Morgan fingerprint density at radius 1 is 1.50 bits per heavy atom. The van der Waals surface area contributed by atoms with Crippen molar-refractivity contribution in [1.29, 1.82) is 0 Å². The van der Waals surface area contributed by atoms with Gasteiger partial charge in [-0.1, -0.05) is 0 Å². The second kappa shape index (κ2) is 4.72. The fourth-order valence-corrected chi connectivity index (χ4v) is 2.59. The van der Waals surface area contributed by atoms with E-state index in [0.717, 1.165) is 50.6 Å². The van der Waals surface area contributed by atoms with E-state index in [1.54, 1.807) is 13.2 Å². The molecule has 5 heteroatoms.